The molecule has 0 unspecified atom stereocenters. The van der Waals surface area contributed by atoms with Gasteiger partial charge < -0.3 is 24.3 Å². The van der Waals surface area contributed by atoms with Crippen molar-refractivity contribution in [3.63, 3.8) is 0 Å². The molecule has 7 nitrogen and oxygen atoms in total. The second-order valence-electron chi connectivity index (χ2n) is 5.49. The zero-order valence-corrected chi connectivity index (χ0v) is 16.2. The van der Waals surface area contributed by atoms with Gasteiger partial charge in [0.05, 0.1) is 27.0 Å². The molecule has 0 bridgehead atoms. The molecule has 0 aliphatic rings. The van der Waals surface area contributed by atoms with Gasteiger partial charge in [0.15, 0.2) is 6.61 Å². The molecule has 144 valence electrons. The van der Waals surface area contributed by atoms with E-state index in [1.807, 2.05) is 0 Å². The van der Waals surface area contributed by atoms with Crippen LogP contribution in [0.15, 0.2) is 30.3 Å². The molecule has 0 aliphatic heterocycles. The first-order chi connectivity index (χ1) is 12.9. The number of rotatable bonds is 7. The van der Waals surface area contributed by atoms with Crippen molar-refractivity contribution >= 4 is 29.2 Å². The summed E-state index contributed by atoms with van der Waals surface area (Å²) < 4.78 is 20.5. The van der Waals surface area contributed by atoms with E-state index in [9.17, 15) is 9.59 Å². The first-order valence-electron chi connectivity index (χ1n) is 7.92. The average Bonchev–Trinajstić information content (AvgIpc) is 2.68. The molecule has 0 saturated carbocycles. The minimum absolute atomic E-state index is 0.157. The Morgan fingerprint density at radius 2 is 1.70 bits per heavy atom. The predicted molar refractivity (Wildman–Crippen MR) is 101 cm³/mol. The maximum absolute atomic E-state index is 12.3. The molecule has 1 amide bonds. The van der Waals surface area contributed by atoms with Crippen LogP contribution in [-0.4, -0.2) is 39.8 Å². The Morgan fingerprint density at radius 3 is 2.33 bits per heavy atom. The lowest BCUT2D eigenvalue weighted by Gasteiger charge is -2.13. The van der Waals surface area contributed by atoms with Crippen LogP contribution in [0.5, 0.6) is 17.2 Å². The van der Waals surface area contributed by atoms with E-state index in [-0.39, 0.29) is 5.56 Å². The lowest BCUT2D eigenvalue weighted by molar-refractivity contribution is -0.119. The molecule has 27 heavy (non-hydrogen) atoms. The molecular formula is C19H20ClNO6. The number of carbonyl (C=O) groups excluding carboxylic acids is 2. The Hall–Kier alpha value is -2.93. The monoisotopic (exact) mass is 393 g/mol. The van der Waals surface area contributed by atoms with Gasteiger partial charge in [-0.05, 0) is 36.8 Å². The van der Waals surface area contributed by atoms with Crippen LogP contribution in [0.1, 0.15) is 15.9 Å². The maximum atomic E-state index is 12.3. The molecule has 0 radical (unpaired) electrons. The summed E-state index contributed by atoms with van der Waals surface area (Å²) >= 11 is 6.04. The number of esters is 1. The maximum Gasteiger partial charge on any atom is 0.342 e. The van der Waals surface area contributed by atoms with Gasteiger partial charge in [0, 0.05) is 11.1 Å². The number of ether oxygens (including phenoxy) is 4. The largest absolute Gasteiger partial charge is 0.497 e. The number of nitrogens with one attached hydrogen (secondary N) is 1. The summed E-state index contributed by atoms with van der Waals surface area (Å²) in [6.45, 7) is 1.32. The van der Waals surface area contributed by atoms with Crippen LogP contribution in [0, 0.1) is 6.92 Å². The summed E-state index contributed by atoms with van der Waals surface area (Å²) in [5.74, 6) is -0.0464. The fourth-order valence-electron chi connectivity index (χ4n) is 2.30. The predicted octanol–water partition coefficient (Wildman–Crippen LogP) is 3.47. The molecule has 0 aliphatic carbocycles. The zero-order valence-electron chi connectivity index (χ0n) is 15.4. The van der Waals surface area contributed by atoms with Gasteiger partial charge in [-0.25, -0.2) is 4.79 Å². The van der Waals surface area contributed by atoms with Crippen molar-refractivity contribution in [3.05, 3.63) is 46.5 Å². The Morgan fingerprint density at radius 1 is 1.00 bits per heavy atom. The van der Waals surface area contributed by atoms with Gasteiger partial charge >= 0.3 is 5.97 Å². The normalized spacial score (nSPS) is 10.1. The number of hydrogen-bond acceptors (Lipinski definition) is 6. The van der Waals surface area contributed by atoms with Gasteiger partial charge in [-0.3, -0.25) is 4.79 Å². The molecule has 0 atom stereocenters. The summed E-state index contributed by atoms with van der Waals surface area (Å²) in [6.07, 6.45) is 0. The lowest BCUT2D eigenvalue weighted by Crippen LogP contribution is -2.21. The first kappa shape index (κ1) is 20.4. The summed E-state index contributed by atoms with van der Waals surface area (Å²) in [7, 11) is 4.37. The van der Waals surface area contributed by atoms with E-state index < -0.39 is 18.5 Å². The third-order valence-electron chi connectivity index (χ3n) is 3.72. The van der Waals surface area contributed by atoms with Crippen molar-refractivity contribution < 1.29 is 28.5 Å². The molecular weight excluding hydrogens is 374 g/mol. The van der Waals surface area contributed by atoms with E-state index >= 15 is 0 Å². The molecule has 0 aromatic heterocycles. The second kappa shape index (κ2) is 9.14. The van der Waals surface area contributed by atoms with E-state index in [0.717, 1.165) is 5.56 Å². The molecule has 2 aromatic rings. The fourth-order valence-corrected chi connectivity index (χ4v) is 2.45. The highest BCUT2D eigenvalue weighted by molar-refractivity contribution is 6.31. The molecule has 8 heteroatoms. The summed E-state index contributed by atoms with van der Waals surface area (Å²) in [6, 6.07) is 7.98. The van der Waals surface area contributed by atoms with Crippen LogP contribution in [0.4, 0.5) is 5.69 Å². The van der Waals surface area contributed by atoms with Crippen molar-refractivity contribution in [2.24, 2.45) is 0 Å². The Kier molecular flexibility index (Phi) is 6.90. The quantitative estimate of drug-likeness (QED) is 0.725. The number of carbonyl (C=O) groups is 2. The SMILES string of the molecule is COc1ccc(OC)c(C(=O)OCC(=O)Nc2cc(C)c(Cl)cc2OC)c1. The summed E-state index contributed by atoms with van der Waals surface area (Å²) in [4.78, 5) is 24.4. The highest BCUT2D eigenvalue weighted by Crippen LogP contribution is 2.31. The highest BCUT2D eigenvalue weighted by atomic mass is 35.5. The van der Waals surface area contributed by atoms with E-state index in [4.69, 9.17) is 30.5 Å². The van der Waals surface area contributed by atoms with Crippen LogP contribution < -0.4 is 19.5 Å². The zero-order chi connectivity index (χ0) is 20.0. The van der Waals surface area contributed by atoms with E-state index in [2.05, 4.69) is 5.32 Å². The summed E-state index contributed by atoms with van der Waals surface area (Å²) in [5, 5.41) is 3.15. The molecule has 0 fully saturated rings. The van der Waals surface area contributed by atoms with Gasteiger partial charge in [0.25, 0.3) is 5.91 Å². The Bertz CT molecular complexity index is 852. The minimum Gasteiger partial charge on any atom is -0.497 e. The van der Waals surface area contributed by atoms with Gasteiger partial charge in [-0.15, -0.1) is 0 Å². The highest BCUT2D eigenvalue weighted by Gasteiger charge is 2.17. The summed E-state index contributed by atoms with van der Waals surface area (Å²) in [5.41, 5.74) is 1.36. The first-order valence-corrected chi connectivity index (χ1v) is 8.30. The minimum atomic E-state index is -0.708. The van der Waals surface area contributed by atoms with Crippen LogP contribution >= 0.6 is 11.6 Å². The standard InChI is InChI=1S/C19H20ClNO6/c1-11-7-15(17(26-4)9-14(11)20)21-18(22)10-27-19(23)13-8-12(24-2)5-6-16(13)25-3/h5-9H,10H2,1-4H3,(H,21,22). The third kappa shape index (κ3) is 5.04. The Labute approximate surface area is 162 Å². The van der Waals surface area contributed by atoms with Crippen molar-refractivity contribution in [2.45, 2.75) is 6.92 Å². The van der Waals surface area contributed by atoms with Crippen LogP contribution in [0.25, 0.3) is 0 Å². The molecule has 0 saturated heterocycles. The molecule has 0 heterocycles. The fraction of sp³-hybridized carbons (Fsp3) is 0.263. The van der Waals surface area contributed by atoms with E-state index in [0.29, 0.717) is 28.0 Å². The van der Waals surface area contributed by atoms with Gasteiger partial charge in [0.1, 0.15) is 22.8 Å². The van der Waals surface area contributed by atoms with Gasteiger partial charge in [0.2, 0.25) is 0 Å². The topological polar surface area (TPSA) is 83.1 Å². The van der Waals surface area contributed by atoms with Gasteiger partial charge in [-0.1, -0.05) is 11.6 Å². The number of aryl methyl sites for hydroxylation is 1. The van der Waals surface area contributed by atoms with Crippen molar-refractivity contribution in [3.8, 4) is 17.2 Å². The van der Waals surface area contributed by atoms with E-state index in [1.54, 1.807) is 31.2 Å². The number of amides is 1. The van der Waals surface area contributed by atoms with Gasteiger partial charge in [-0.2, -0.15) is 0 Å². The van der Waals surface area contributed by atoms with Crippen LogP contribution in [-0.2, 0) is 9.53 Å². The smallest absolute Gasteiger partial charge is 0.342 e. The molecule has 0 spiro atoms. The van der Waals surface area contributed by atoms with Crippen molar-refractivity contribution in [2.75, 3.05) is 33.3 Å². The van der Waals surface area contributed by atoms with Crippen molar-refractivity contribution in [1.29, 1.82) is 0 Å². The number of anilines is 1. The Balaban J connectivity index is 2.06. The molecule has 1 N–H and O–H groups in total. The van der Waals surface area contributed by atoms with Crippen LogP contribution in [0.3, 0.4) is 0 Å². The van der Waals surface area contributed by atoms with E-state index in [1.165, 1.54) is 27.4 Å². The number of methoxy groups -OCH3 is 3. The molecule has 2 aromatic carbocycles. The molecule has 2 rings (SSSR count). The third-order valence-corrected chi connectivity index (χ3v) is 4.12. The number of halogens is 1. The number of hydrogen-bond donors (Lipinski definition) is 1. The number of benzene rings is 2. The van der Waals surface area contributed by atoms with Crippen LogP contribution in [0.2, 0.25) is 5.02 Å². The average molecular weight is 394 g/mol. The lowest BCUT2D eigenvalue weighted by atomic mass is 10.2. The second-order valence-corrected chi connectivity index (χ2v) is 5.90. The van der Waals surface area contributed by atoms with Crippen molar-refractivity contribution in [1.82, 2.24) is 0 Å².